The molecule has 0 radical (unpaired) electrons. The first-order valence-corrected chi connectivity index (χ1v) is 9.36. The number of carboxylic acid groups (broad SMARTS) is 1. The molecule has 0 aliphatic carbocycles. The molecule has 0 bridgehead atoms. The van der Waals surface area contributed by atoms with Gasteiger partial charge in [-0.05, 0) is 41.0 Å². The van der Waals surface area contributed by atoms with Crippen LogP contribution < -0.4 is 0 Å². The number of aromatic amines is 1. The molecule has 0 fully saturated rings. The average molecular weight is 379 g/mol. The molecule has 1 unspecified atom stereocenters. The molecule has 1 heterocycles. The molecule has 1 aromatic heterocycles. The Kier molecular flexibility index (Phi) is 6.08. The van der Waals surface area contributed by atoms with Crippen LogP contribution in [0, 0.1) is 0 Å². The zero-order chi connectivity index (χ0) is 19.2. The maximum Gasteiger partial charge on any atom is 0.336 e. The van der Waals surface area contributed by atoms with Crippen LogP contribution in [0.3, 0.4) is 0 Å². The number of rotatable bonds is 8. The third-order valence-electron chi connectivity index (χ3n) is 4.58. The van der Waals surface area contributed by atoms with E-state index in [9.17, 15) is 9.90 Å². The van der Waals surface area contributed by atoms with Gasteiger partial charge in [-0.3, -0.25) is 5.10 Å². The molecule has 27 heavy (non-hydrogen) atoms. The first-order valence-electron chi connectivity index (χ1n) is 8.88. The van der Waals surface area contributed by atoms with Crippen LogP contribution in [0.4, 0.5) is 0 Å². The van der Waals surface area contributed by atoms with Gasteiger partial charge in [-0.2, -0.15) is 5.10 Å². The summed E-state index contributed by atoms with van der Waals surface area (Å²) in [4.78, 5) is 16.0. The van der Waals surface area contributed by atoms with Crippen molar-refractivity contribution in [3.8, 4) is 11.1 Å². The van der Waals surface area contributed by atoms with Gasteiger partial charge >= 0.3 is 5.97 Å². The number of thiocarbonyl (C=S) groups is 1. The first kappa shape index (κ1) is 18.9. The normalized spacial score (nSPS) is 11.9. The molecule has 0 spiro atoms. The summed E-state index contributed by atoms with van der Waals surface area (Å²) in [6.45, 7) is 2.10. The highest BCUT2D eigenvalue weighted by Gasteiger charge is 2.14. The number of nitrogens with one attached hydrogen (secondary N) is 1. The second-order valence-electron chi connectivity index (χ2n) is 6.37. The van der Waals surface area contributed by atoms with E-state index in [0.717, 1.165) is 35.6 Å². The fourth-order valence-electron chi connectivity index (χ4n) is 3.06. The van der Waals surface area contributed by atoms with Crippen molar-refractivity contribution in [3.05, 3.63) is 71.3 Å². The van der Waals surface area contributed by atoms with Gasteiger partial charge in [0.25, 0.3) is 0 Å². The lowest BCUT2D eigenvalue weighted by Crippen LogP contribution is -2.00. The van der Waals surface area contributed by atoms with Crippen molar-refractivity contribution < 1.29 is 9.90 Å². The molecular formula is C21H21N3O2S. The Morgan fingerprint density at radius 1 is 1.22 bits per heavy atom. The number of aromatic nitrogens is 3. The molecule has 138 valence electrons. The van der Waals surface area contributed by atoms with Crippen LogP contribution in [-0.2, 0) is 6.42 Å². The Morgan fingerprint density at radius 2 is 1.96 bits per heavy atom. The smallest absolute Gasteiger partial charge is 0.336 e. The molecule has 1 atom stereocenters. The van der Waals surface area contributed by atoms with E-state index in [1.54, 1.807) is 17.5 Å². The third kappa shape index (κ3) is 4.46. The molecule has 0 aliphatic heterocycles. The fourth-order valence-corrected chi connectivity index (χ4v) is 3.29. The van der Waals surface area contributed by atoms with Crippen LogP contribution in [0.1, 0.15) is 53.3 Å². The summed E-state index contributed by atoms with van der Waals surface area (Å²) in [6.07, 6.45) is 2.38. The summed E-state index contributed by atoms with van der Waals surface area (Å²) in [5, 5.41) is 18.4. The van der Waals surface area contributed by atoms with E-state index in [1.165, 1.54) is 0 Å². The topological polar surface area (TPSA) is 78.9 Å². The van der Waals surface area contributed by atoms with Crippen LogP contribution in [-0.4, -0.2) is 31.6 Å². The Hall–Kier alpha value is -2.86. The minimum Gasteiger partial charge on any atom is -0.478 e. The molecule has 0 amide bonds. The maximum absolute atomic E-state index is 11.4. The number of carboxylic acids is 1. The summed E-state index contributed by atoms with van der Waals surface area (Å²) in [7, 11) is 0. The van der Waals surface area contributed by atoms with Crippen molar-refractivity contribution in [1.82, 2.24) is 15.2 Å². The molecule has 0 saturated heterocycles. The van der Waals surface area contributed by atoms with Crippen molar-refractivity contribution in [2.45, 2.75) is 32.1 Å². The lowest BCUT2D eigenvalue weighted by molar-refractivity contribution is 0.0697. The van der Waals surface area contributed by atoms with Gasteiger partial charge in [0.2, 0.25) is 0 Å². The minimum absolute atomic E-state index is 0.252. The predicted octanol–water partition coefficient (Wildman–Crippen LogP) is 4.64. The van der Waals surface area contributed by atoms with E-state index >= 15 is 0 Å². The molecule has 3 rings (SSSR count). The molecule has 5 nitrogen and oxygen atoms in total. The van der Waals surface area contributed by atoms with Gasteiger partial charge in [0, 0.05) is 12.3 Å². The highest BCUT2D eigenvalue weighted by atomic mass is 32.1. The summed E-state index contributed by atoms with van der Waals surface area (Å²) in [6, 6.07) is 14.9. The van der Waals surface area contributed by atoms with Crippen molar-refractivity contribution in [2.24, 2.45) is 0 Å². The zero-order valence-corrected chi connectivity index (χ0v) is 15.9. The second kappa shape index (κ2) is 8.68. The summed E-state index contributed by atoms with van der Waals surface area (Å²) in [5.41, 5.74) is 2.97. The van der Waals surface area contributed by atoms with Crippen molar-refractivity contribution >= 4 is 23.6 Å². The largest absolute Gasteiger partial charge is 0.478 e. The Labute approximate surface area is 163 Å². The molecule has 6 heteroatoms. The lowest BCUT2D eigenvalue weighted by Gasteiger charge is -2.07. The van der Waals surface area contributed by atoms with Crippen molar-refractivity contribution in [3.63, 3.8) is 0 Å². The molecule has 2 aromatic carbocycles. The van der Waals surface area contributed by atoms with Gasteiger partial charge in [0.15, 0.2) is 5.82 Å². The molecule has 0 aliphatic rings. The summed E-state index contributed by atoms with van der Waals surface area (Å²) >= 11 is 4.96. The van der Waals surface area contributed by atoms with Crippen LogP contribution >= 0.6 is 12.2 Å². The monoisotopic (exact) mass is 379 g/mol. The highest BCUT2D eigenvalue weighted by Crippen LogP contribution is 2.25. The standard InChI is InChI=1S/C21H21N3O2S/c1-2-15(11-12-27)20-22-19(23-24-20)13-14-7-9-16(10-8-14)17-5-3-4-6-18(17)21(25)26/h3-10,12,15H,2,11,13H2,1H3,(H,25,26)(H,22,23,24). The number of hydrogen-bond donors (Lipinski definition) is 2. The molecule has 0 saturated carbocycles. The van der Waals surface area contributed by atoms with Crippen molar-refractivity contribution in [2.75, 3.05) is 0 Å². The zero-order valence-electron chi connectivity index (χ0n) is 15.1. The van der Waals surface area contributed by atoms with E-state index in [1.807, 2.05) is 36.4 Å². The SMILES string of the molecule is CCC(CC=S)c1n[nH]c(Cc2ccc(-c3ccccc3C(=O)O)cc2)n1. The number of nitrogens with zero attached hydrogens (tertiary/aromatic N) is 2. The summed E-state index contributed by atoms with van der Waals surface area (Å²) < 4.78 is 0. The Balaban J connectivity index is 1.76. The average Bonchev–Trinajstić information content (AvgIpc) is 3.15. The third-order valence-corrected chi connectivity index (χ3v) is 4.77. The number of carbonyl (C=O) groups is 1. The van der Waals surface area contributed by atoms with Gasteiger partial charge in [0.1, 0.15) is 5.82 Å². The lowest BCUT2D eigenvalue weighted by atomic mass is 9.98. The van der Waals surface area contributed by atoms with Gasteiger partial charge in [-0.1, -0.05) is 61.6 Å². The van der Waals surface area contributed by atoms with Gasteiger partial charge in [-0.15, -0.1) is 0 Å². The molecule has 2 N–H and O–H groups in total. The van der Waals surface area contributed by atoms with E-state index in [4.69, 9.17) is 12.2 Å². The van der Waals surface area contributed by atoms with Gasteiger partial charge in [-0.25, -0.2) is 9.78 Å². The fraction of sp³-hybridized carbons (Fsp3) is 0.238. The molecular weight excluding hydrogens is 358 g/mol. The van der Waals surface area contributed by atoms with E-state index in [-0.39, 0.29) is 5.92 Å². The van der Waals surface area contributed by atoms with Crippen LogP contribution in [0.15, 0.2) is 48.5 Å². The highest BCUT2D eigenvalue weighted by molar-refractivity contribution is 7.78. The maximum atomic E-state index is 11.4. The van der Waals surface area contributed by atoms with Crippen LogP contribution in [0.25, 0.3) is 11.1 Å². The molecule has 3 aromatic rings. The van der Waals surface area contributed by atoms with E-state index < -0.39 is 5.97 Å². The predicted molar refractivity (Wildman–Crippen MR) is 109 cm³/mol. The number of aromatic carboxylic acids is 1. The first-order chi connectivity index (χ1) is 13.1. The number of hydrogen-bond acceptors (Lipinski definition) is 4. The second-order valence-corrected chi connectivity index (χ2v) is 6.71. The summed E-state index contributed by atoms with van der Waals surface area (Å²) in [5.74, 6) is 0.945. The number of H-pyrrole nitrogens is 1. The van der Waals surface area contributed by atoms with Crippen molar-refractivity contribution in [1.29, 1.82) is 0 Å². The van der Waals surface area contributed by atoms with Gasteiger partial charge < -0.3 is 5.11 Å². The van der Waals surface area contributed by atoms with Gasteiger partial charge in [0.05, 0.1) is 5.56 Å². The minimum atomic E-state index is -0.925. The quantitative estimate of drug-likeness (QED) is 0.557. The van der Waals surface area contributed by atoms with Crippen LogP contribution in [0.5, 0.6) is 0 Å². The van der Waals surface area contributed by atoms with Crippen LogP contribution in [0.2, 0.25) is 0 Å². The Bertz CT molecular complexity index is 935. The number of benzene rings is 2. The van der Waals surface area contributed by atoms with E-state index in [2.05, 4.69) is 22.1 Å². The van der Waals surface area contributed by atoms with E-state index in [0.29, 0.717) is 17.5 Å². The Morgan fingerprint density at radius 3 is 2.63 bits per heavy atom.